The Labute approximate surface area is 208 Å². The summed E-state index contributed by atoms with van der Waals surface area (Å²) in [6, 6.07) is 24.3. The fourth-order valence-corrected chi connectivity index (χ4v) is 5.23. The van der Waals surface area contributed by atoms with Crippen molar-refractivity contribution in [3.05, 3.63) is 112 Å². The highest BCUT2D eigenvalue weighted by atomic mass is 32.2. The molecule has 5 nitrogen and oxygen atoms in total. The zero-order valence-corrected chi connectivity index (χ0v) is 20.9. The van der Waals surface area contributed by atoms with Crippen LogP contribution >= 0.6 is 11.8 Å². The van der Waals surface area contributed by atoms with Gasteiger partial charge in [0.2, 0.25) is 0 Å². The van der Waals surface area contributed by atoms with Gasteiger partial charge in [0.15, 0.2) is 5.16 Å². The van der Waals surface area contributed by atoms with Crippen LogP contribution in [-0.4, -0.2) is 21.6 Å². The number of thioether (sulfide) groups is 1. The fraction of sp³-hybridized carbons (Fsp3) is 0.172. The smallest absolute Gasteiger partial charge is 0.278 e. The molecular formula is C29H27N3O2S. The molecule has 0 atom stereocenters. The topological polar surface area (TPSA) is 59.9 Å². The van der Waals surface area contributed by atoms with Gasteiger partial charge in [-0.05, 0) is 48.2 Å². The molecule has 0 amide bonds. The molecule has 0 aliphatic heterocycles. The first-order valence-corrected chi connectivity index (χ1v) is 12.5. The van der Waals surface area contributed by atoms with Gasteiger partial charge >= 0.3 is 0 Å². The van der Waals surface area contributed by atoms with Crippen molar-refractivity contribution in [1.82, 2.24) is 14.5 Å². The predicted octanol–water partition coefficient (Wildman–Crippen LogP) is 6.36. The van der Waals surface area contributed by atoms with Crippen molar-refractivity contribution in [3.8, 4) is 16.9 Å². The van der Waals surface area contributed by atoms with Crippen molar-refractivity contribution in [3.63, 3.8) is 0 Å². The minimum Gasteiger partial charge on any atom is -0.497 e. The summed E-state index contributed by atoms with van der Waals surface area (Å²) in [7, 11) is 1.65. The zero-order chi connectivity index (χ0) is 24.4. The van der Waals surface area contributed by atoms with Crippen LogP contribution in [0.2, 0.25) is 0 Å². The molecule has 5 aromatic rings. The van der Waals surface area contributed by atoms with E-state index in [0.29, 0.717) is 22.7 Å². The molecule has 6 heteroatoms. The lowest BCUT2D eigenvalue weighted by molar-refractivity contribution is 0.414. The van der Waals surface area contributed by atoms with E-state index in [9.17, 15) is 4.79 Å². The number of methoxy groups -OCH3 is 1. The SMILES string of the molecule is COc1ccc(Cn2c(SCc3cc(C)ccc3C)nc3c(-c4ccccc4)c[nH]c3c2=O)cc1. The number of ether oxygens (including phenoxy) is 1. The molecular weight excluding hydrogens is 454 g/mol. The van der Waals surface area contributed by atoms with Crippen LogP contribution in [0.1, 0.15) is 22.3 Å². The van der Waals surface area contributed by atoms with Crippen LogP contribution in [0, 0.1) is 13.8 Å². The maximum Gasteiger partial charge on any atom is 0.278 e. The number of fused-ring (bicyclic) bond motifs is 1. The van der Waals surface area contributed by atoms with Crippen LogP contribution in [-0.2, 0) is 12.3 Å². The van der Waals surface area contributed by atoms with Crippen molar-refractivity contribution in [2.24, 2.45) is 0 Å². The second-order valence-electron chi connectivity index (χ2n) is 8.64. The Morgan fingerprint density at radius 3 is 2.51 bits per heavy atom. The number of rotatable bonds is 7. The van der Waals surface area contributed by atoms with Gasteiger partial charge < -0.3 is 9.72 Å². The van der Waals surface area contributed by atoms with Gasteiger partial charge in [-0.2, -0.15) is 0 Å². The molecule has 0 aliphatic rings. The van der Waals surface area contributed by atoms with Gasteiger partial charge in [0.1, 0.15) is 16.8 Å². The number of aromatic nitrogens is 3. The largest absolute Gasteiger partial charge is 0.497 e. The predicted molar refractivity (Wildman–Crippen MR) is 143 cm³/mol. The van der Waals surface area contributed by atoms with E-state index in [2.05, 4.69) is 37.0 Å². The monoisotopic (exact) mass is 481 g/mol. The Morgan fingerprint density at radius 1 is 1.00 bits per heavy atom. The molecule has 0 aliphatic carbocycles. The lowest BCUT2D eigenvalue weighted by Gasteiger charge is -2.14. The highest BCUT2D eigenvalue weighted by Crippen LogP contribution is 2.30. The molecule has 2 heterocycles. The number of aryl methyl sites for hydroxylation is 2. The molecule has 0 spiro atoms. The molecule has 1 N–H and O–H groups in total. The summed E-state index contributed by atoms with van der Waals surface area (Å²) in [5, 5.41) is 0.705. The summed E-state index contributed by atoms with van der Waals surface area (Å²) in [5.41, 5.74) is 7.84. The van der Waals surface area contributed by atoms with Crippen molar-refractivity contribution in [2.45, 2.75) is 31.3 Å². The molecule has 35 heavy (non-hydrogen) atoms. The van der Waals surface area contributed by atoms with Gasteiger partial charge in [0.05, 0.1) is 13.7 Å². The Kier molecular flexibility index (Phi) is 6.47. The number of aromatic amines is 1. The average Bonchev–Trinajstić information content (AvgIpc) is 3.31. The third-order valence-corrected chi connectivity index (χ3v) is 7.22. The van der Waals surface area contributed by atoms with E-state index < -0.39 is 0 Å². The van der Waals surface area contributed by atoms with Gasteiger partial charge in [0.25, 0.3) is 5.56 Å². The van der Waals surface area contributed by atoms with Crippen molar-refractivity contribution < 1.29 is 4.74 Å². The number of H-pyrrole nitrogens is 1. The van der Waals surface area contributed by atoms with Crippen LogP contribution in [0.5, 0.6) is 5.75 Å². The summed E-state index contributed by atoms with van der Waals surface area (Å²) in [6.45, 7) is 4.65. The van der Waals surface area contributed by atoms with E-state index in [1.165, 1.54) is 16.7 Å². The van der Waals surface area contributed by atoms with Crippen molar-refractivity contribution >= 4 is 22.8 Å². The Hall–Kier alpha value is -3.77. The molecule has 3 aromatic carbocycles. The summed E-state index contributed by atoms with van der Waals surface area (Å²) in [5.74, 6) is 1.52. The molecule has 0 radical (unpaired) electrons. The Balaban J connectivity index is 1.60. The highest BCUT2D eigenvalue weighted by molar-refractivity contribution is 7.98. The molecule has 0 unspecified atom stereocenters. The van der Waals surface area contributed by atoms with E-state index in [0.717, 1.165) is 28.2 Å². The van der Waals surface area contributed by atoms with Crippen molar-refractivity contribution in [2.75, 3.05) is 7.11 Å². The summed E-state index contributed by atoms with van der Waals surface area (Å²) in [6.07, 6.45) is 1.88. The number of hydrogen-bond donors (Lipinski definition) is 1. The minimum absolute atomic E-state index is 0.0727. The maximum atomic E-state index is 13.7. The molecule has 0 fully saturated rings. The quantitative estimate of drug-likeness (QED) is 0.217. The van der Waals surface area contributed by atoms with Crippen molar-refractivity contribution in [1.29, 1.82) is 0 Å². The minimum atomic E-state index is -0.0727. The van der Waals surface area contributed by atoms with Gasteiger partial charge in [-0.1, -0.05) is 78.0 Å². The van der Waals surface area contributed by atoms with Gasteiger partial charge in [-0.3, -0.25) is 9.36 Å². The maximum absolute atomic E-state index is 13.7. The highest BCUT2D eigenvalue weighted by Gasteiger charge is 2.17. The van der Waals surface area contributed by atoms with E-state index in [1.807, 2.05) is 60.8 Å². The Bertz CT molecular complexity index is 1540. The summed E-state index contributed by atoms with van der Waals surface area (Å²) < 4.78 is 7.06. The van der Waals surface area contributed by atoms with E-state index in [-0.39, 0.29) is 5.56 Å². The van der Waals surface area contributed by atoms with Gasteiger partial charge in [0, 0.05) is 17.5 Å². The first-order chi connectivity index (χ1) is 17.0. The number of benzene rings is 3. The lowest BCUT2D eigenvalue weighted by Crippen LogP contribution is -2.24. The second-order valence-corrected chi connectivity index (χ2v) is 9.59. The molecule has 0 bridgehead atoms. The van der Waals surface area contributed by atoms with Gasteiger partial charge in [-0.25, -0.2) is 4.98 Å². The first kappa shape index (κ1) is 23.0. The number of nitrogens with one attached hydrogen (secondary N) is 1. The third-order valence-electron chi connectivity index (χ3n) is 6.20. The third kappa shape index (κ3) is 4.75. The molecule has 2 aromatic heterocycles. The Morgan fingerprint density at radius 2 is 1.77 bits per heavy atom. The molecule has 5 rings (SSSR count). The standard InChI is InChI=1S/C29H27N3O2S/c1-19-9-10-20(2)23(15-19)18-35-29-31-26-25(22-7-5-4-6-8-22)16-30-27(26)28(33)32(29)17-21-11-13-24(34-3)14-12-21/h4-16,30H,17-18H2,1-3H3. The lowest BCUT2D eigenvalue weighted by atomic mass is 10.1. The van der Waals surface area contributed by atoms with Crippen LogP contribution in [0.25, 0.3) is 22.2 Å². The van der Waals surface area contributed by atoms with Crippen LogP contribution in [0.15, 0.2) is 88.9 Å². The first-order valence-electron chi connectivity index (χ1n) is 11.5. The summed E-state index contributed by atoms with van der Waals surface area (Å²) in [4.78, 5) is 21.9. The number of nitrogens with zero attached hydrogens (tertiary/aromatic N) is 2. The van der Waals surface area contributed by atoms with E-state index in [1.54, 1.807) is 23.4 Å². The van der Waals surface area contributed by atoms with Gasteiger partial charge in [-0.15, -0.1) is 0 Å². The van der Waals surface area contributed by atoms with E-state index >= 15 is 0 Å². The average molecular weight is 482 g/mol. The van der Waals surface area contributed by atoms with E-state index in [4.69, 9.17) is 9.72 Å². The molecule has 176 valence electrons. The second kappa shape index (κ2) is 9.84. The van der Waals surface area contributed by atoms with Crippen LogP contribution in [0.3, 0.4) is 0 Å². The molecule has 0 saturated carbocycles. The van der Waals surface area contributed by atoms with Crippen LogP contribution in [0.4, 0.5) is 0 Å². The molecule has 0 saturated heterocycles. The number of hydrogen-bond acceptors (Lipinski definition) is 4. The van der Waals surface area contributed by atoms with Crippen LogP contribution < -0.4 is 10.3 Å². The summed E-state index contributed by atoms with van der Waals surface area (Å²) >= 11 is 1.60. The normalized spacial score (nSPS) is 11.2. The fourth-order valence-electron chi connectivity index (χ4n) is 4.17. The zero-order valence-electron chi connectivity index (χ0n) is 20.0.